The van der Waals surface area contributed by atoms with E-state index < -0.39 is 11.9 Å². The van der Waals surface area contributed by atoms with Gasteiger partial charge in [0.2, 0.25) is 0 Å². The first kappa shape index (κ1) is 20.1. The minimum atomic E-state index is -0.608. The highest BCUT2D eigenvalue weighted by molar-refractivity contribution is 8.18. The van der Waals surface area contributed by atoms with Gasteiger partial charge in [0.25, 0.3) is 5.91 Å². The maximum atomic E-state index is 11.7. The van der Waals surface area contributed by atoms with Crippen LogP contribution in [0.4, 0.5) is 0 Å². The molecule has 2 aromatic rings. The van der Waals surface area contributed by atoms with Crippen molar-refractivity contribution < 1.29 is 14.3 Å². The Morgan fingerprint density at radius 3 is 2.43 bits per heavy atom. The molecule has 0 aromatic heterocycles. The van der Waals surface area contributed by atoms with Gasteiger partial charge in [0.05, 0.1) is 18.2 Å². The van der Waals surface area contributed by atoms with Gasteiger partial charge in [0.1, 0.15) is 0 Å². The van der Waals surface area contributed by atoms with E-state index in [0.717, 1.165) is 34.5 Å². The lowest BCUT2D eigenvalue weighted by molar-refractivity contribution is -0.135. The highest BCUT2D eigenvalue weighted by Gasteiger charge is 2.24. The van der Waals surface area contributed by atoms with Crippen LogP contribution in [0.25, 0.3) is 11.1 Å². The molecular formula is C19H13Cl2N3O3S. The summed E-state index contributed by atoms with van der Waals surface area (Å²) >= 11 is 13.1. The summed E-state index contributed by atoms with van der Waals surface area (Å²) in [5, 5.41) is 11.8. The number of carbonyl (C=O) groups is 2. The van der Waals surface area contributed by atoms with Crippen LogP contribution in [0.3, 0.4) is 0 Å². The SMILES string of the molecule is COC(=O)/C=C1/S/C(=N\N=Cc2ccc(-c3cc(Cl)cc(Cl)c3)cc2)NC1=O. The number of amidine groups is 1. The molecule has 1 heterocycles. The van der Waals surface area contributed by atoms with E-state index in [1.165, 1.54) is 7.11 Å². The molecule has 6 nitrogen and oxygen atoms in total. The maximum Gasteiger partial charge on any atom is 0.331 e. The molecule has 1 saturated heterocycles. The van der Waals surface area contributed by atoms with Crippen LogP contribution in [0, 0.1) is 0 Å². The number of nitrogens with zero attached hydrogens (tertiary/aromatic N) is 2. The number of rotatable bonds is 4. The molecule has 0 aliphatic carbocycles. The monoisotopic (exact) mass is 433 g/mol. The Kier molecular flexibility index (Phi) is 6.51. The predicted octanol–water partition coefficient (Wildman–Crippen LogP) is 4.27. The van der Waals surface area contributed by atoms with Crippen LogP contribution in [0.15, 0.2) is 63.6 Å². The molecule has 0 atom stereocenters. The van der Waals surface area contributed by atoms with Crippen molar-refractivity contribution in [3.8, 4) is 11.1 Å². The van der Waals surface area contributed by atoms with E-state index in [0.29, 0.717) is 10.0 Å². The number of methoxy groups -OCH3 is 1. The lowest BCUT2D eigenvalue weighted by atomic mass is 10.0. The predicted molar refractivity (Wildman–Crippen MR) is 113 cm³/mol. The molecule has 0 saturated carbocycles. The fourth-order valence-electron chi connectivity index (χ4n) is 2.27. The van der Waals surface area contributed by atoms with Crippen LogP contribution < -0.4 is 5.32 Å². The number of hydrogen-bond donors (Lipinski definition) is 1. The Labute approximate surface area is 175 Å². The number of halogens is 2. The maximum absolute atomic E-state index is 11.7. The Balaban J connectivity index is 1.68. The first-order valence-electron chi connectivity index (χ1n) is 7.91. The summed E-state index contributed by atoms with van der Waals surface area (Å²) in [6.45, 7) is 0. The quantitative estimate of drug-likeness (QED) is 0.337. The summed E-state index contributed by atoms with van der Waals surface area (Å²) in [7, 11) is 1.24. The van der Waals surface area contributed by atoms with Crippen LogP contribution >= 0.6 is 35.0 Å². The molecule has 0 radical (unpaired) electrons. The number of nitrogens with one attached hydrogen (secondary N) is 1. The minimum Gasteiger partial charge on any atom is -0.466 e. The van der Waals surface area contributed by atoms with Gasteiger partial charge >= 0.3 is 5.97 Å². The van der Waals surface area contributed by atoms with Crippen LogP contribution in [0.2, 0.25) is 10.0 Å². The van der Waals surface area contributed by atoms with Crippen molar-refractivity contribution in [2.75, 3.05) is 7.11 Å². The molecular weight excluding hydrogens is 421 g/mol. The van der Waals surface area contributed by atoms with Gasteiger partial charge in [-0.25, -0.2) is 4.79 Å². The molecule has 1 N–H and O–H groups in total. The van der Waals surface area contributed by atoms with E-state index in [1.54, 1.807) is 12.3 Å². The summed E-state index contributed by atoms with van der Waals surface area (Å²) < 4.78 is 4.50. The zero-order valence-electron chi connectivity index (χ0n) is 14.5. The Hall–Kier alpha value is -2.61. The standard InChI is InChI=1S/C19H13Cl2N3O3S/c1-27-17(25)9-16-18(26)23-19(28-16)24-22-10-11-2-4-12(5-3-11)13-6-14(20)8-15(21)7-13/h2-10H,1H3,(H,23,24,26)/b16-9+,22-10?. The molecule has 3 rings (SSSR count). The molecule has 1 aliphatic heterocycles. The second-order valence-corrected chi connectivity index (χ2v) is 7.42. The number of amides is 1. The Morgan fingerprint density at radius 1 is 1.11 bits per heavy atom. The number of ether oxygens (including phenoxy) is 1. The van der Waals surface area contributed by atoms with Gasteiger partial charge in [0.15, 0.2) is 5.17 Å². The van der Waals surface area contributed by atoms with Crippen molar-refractivity contribution in [1.29, 1.82) is 0 Å². The van der Waals surface area contributed by atoms with Crippen LogP contribution in [-0.2, 0) is 14.3 Å². The van der Waals surface area contributed by atoms with Gasteiger partial charge in [-0.2, -0.15) is 5.10 Å². The Morgan fingerprint density at radius 2 is 1.79 bits per heavy atom. The third kappa shape index (κ3) is 5.22. The van der Waals surface area contributed by atoms with Gasteiger partial charge in [-0.05, 0) is 46.7 Å². The van der Waals surface area contributed by atoms with Crippen LogP contribution in [0.1, 0.15) is 5.56 Å². The van der Waals surface area contributed by atoms with Gasteiger partial charge in [-0.3, -0.25) is 10.1 Å². The first-order chi connectivity index (χ1) is 13.4. The summed E-state index contributed by atoms with van der Waals surface area (Å²) in [6.07, 6.45) is 2.66. The van der Waals surface area contributed by atoms with Gasteiger partial charge < -0.3 is 4.74 Å². The van der Waals surface area contributed by atoms with Crippen molar-refractivity contribution in [3.05, 3.63) is 69.1 Å². The van der Waals surface area contributed by atoms with E-state index in [9.17, 15) is 9.59 Å². The molecule has 9 heteroatoms. The zero-order valence-corrected chi connectivity index (χ0v) is 16.8. The van der Waals surface area contributed by atoms with E-state index in [1.807, 2.05) is 36.4 Å². The molecule has 1 amide bonds. The summed E-state index contributed by atoms with van der Waals surface area (Å²) in [4.78, 5) is 23.1. The largest absolute Gasteiger partial charge is 0.466 e. The third-order valence-electron chi connectivity index (χ3n) is 3.56. The fraction of sp³-hybridized carbons (Fsp3) is 0.0526. The van der Waals surface area contributed by atoms with Crippen LogP contribution in [-0.4, -0.2) is 30.4 Å². The van der Waals surface area contributed by atoms with Gasteiger partial charge in [-0.15, -0.1) is 5.10 Å². The number of carbonyl (C=O) groups excluding carboxylic acids is 2. The molecule has 0 bridgehead atoms. The molecule has 142 valence electrons. The average Bonchev–Trinajstić information content (AvgIpc) is 3.00. The minimum absolute atomic E-state index is 0.199. The highest BCUT2D eigenvalue weighted by Crippen LogP contribution is 2.27. The molecule has 0 spiro atoms. The summed E-state index contributed by atoms with van der Waals surface area (Å²) in [5.41, 5.74) is 2.70. The zero-order chi connectivity index (χ0) is 20.1. The normalized spacial score (nSPS) is 16.8. The molecule has 1 aliphatic rings. The number of esters is 1. The third-order valence-corrected chi connectivity index (χ3v) is 4.90. The highest BCUT2D eigenvalue weighted by atomic mass is 35.5. The molecule has 2 aromatic carbocycles. The van der Waals surface area contributed by atoms with Crippen molar-refractivity contribution >= 4 is 58.2 Å². The molecule has 28 heavy (non-hydrogen) atoms. The number of benzene rings is 2. The molecule has 1 fully saturated rings. The molecule has 0 unspecified atom stereocenters. The second-order valence-electron chi connectivity index (χ2n) is 5.52. The van der Waals surface area contributed by atoms with Gasteiger partial charge in [-0.1, -0.05) is 47.5 Å². The van der Waals surface area contributed by atoms with Gasteiger partial charge in [0, 0.05) is 16.1 Å². The lowest BCUT2D eigenvalue weighted by Crippen LogP contribution is -2.19. The average molecular weight is 434 g/mol. The summed E-state index contributed by atoms with van der Waals surface area (Å²) in [6, 6.07) is 12.9. The van der Waals surface area contributed by atoms with E-state index in [-0.39, 0.29) is 10.1 Å². The number of thioether (sulfide) groups is 1. The van der Waals surface area contributed by atoms with Crippen molar-refractivity contribution in [2.45, 2.75) is 0 Å². The number of hydrogen-bond acceptors (Lipinski definition) is 6. The first-order valence-corrected chi connectivity index (χ1v) is 9.48. The van der Waals surface area contributed by atoms with Crippen molar-refractivity contribution in [2.24, 2.45) is 10.2 Å². The summed E-state index contributed by atoms with van der Waals surface area (Å²) in [5.74, 6) is -1.03. The van der Waals surface area contributed by atoms with E-state index in [4.69, 9.17) is 23.2 Å². The van der Waals surface area contributed by atoms with E-state index >= 15 is 0 Å². The van der Waals surface area contributed by atoms with E-state index in [2.05, 4.69) is 20.3 Å². The second kappa shape index (κ2) is 9.05. The Bertz CT molecular complexity index is 997. The van der Waals surface area contributed by atoms with Crippen molar-refractivity contribution in [3.63, 3.8) is 0 Å². The lowest BCUT2D eigenvalue weighted by Gasteiger charge is -2.04. The fourth-order valence-corrected chi connectivity index (χ4v) is 3.54. The smallest absolute Gasteiger partial charge is 0.331 e. The van der Waals surface area contributed by atoms with Crippen LogP contribution in [0.5, 0.6) is 0 Å². The van der Waals surface area contributed by atoms with Crippen molar-refractivity contribution in [1.82, 2.24) is 5.32 Å². The topological polar surface area (TPSA) is 80.1 Å².